The van der Waals surface area contributed by atoms with Crippen molar-refractivity contribution >= 4 is 17.3 Å². The number of aliphatic carboxylic acids is 1. The molecular formula is C18H21NO3S. The molecule has 2 unspecified atom stereocenters. The molecule has 2 heterocycles. The highest BCUT2D eigenvalue weighted by atomic mass is 32.1. The summed E-state index contributed by atoms with van der Waals surface area (Å²) in [6.07, 6.45) is 1.61. The first-order valence-electron chi connectivity index (χ1n) is 7.96. The maximum absolute atomic E-state index is 11.7. The van der Waals surface area contributed by atoms with Crippen molar-refractivity contribution < 1.29 is 14.6 Å². The number of nitrogens with zero attached hydrogens (tertiary/aromatic N) is 1. The van der Waals surface area contributed by atoms with Gasteiger partial charge in [0.05, 0.1) is 12.6 Å². The van der Waals surface area contributed by atoms with Crippen molar-refractivity contribution in [2.45, 2.75) is 31.8 Å². The van der Waals surface area contributed by atoms with Gasteiger partial charge in [0.25, 0.3) is 0 Å². The van der Waals surface area contributed by atoms with Gasteiger partial charge < -0.3 is 9.84 Å². The summed E-state index contributed by atoms with van der Waals surface area (Å²) in [7, 11) is 0. The Morgan fingerprint density at radius 1 is 1.39 bits per heavy atom. The highest BCUT2D eigenvalue weighted by molar-refractivity contribution is 7.10. The van der Waals surface area contributed by atoms with E-state index in [0.717, 1.165) is 29.2 Å². The van der Waals surface area contributed by atoms with Gasteiger partial charge in [0, 0.05) is 17.0 Å². The van der Waals surface area contributed by atoms with E-state index in [1.165, 1.54) is 0 Å². The first kappa shape index (κ1) is 16.0. The van der Waals surface area contributed by atoms with Crippen LogP contribution in [0.4, 0.5) is 0 Å². The Morgan fingerprint density at radius 3 is 2.91 bits per heavy atom. The molecule has 122 valence electrons. The minimum atomic E-state index is -0.738. The molecule has 0 bridgehead atoms. The lowest BCUT2D eigenvalue weighted by molar-refractivity contribution is -0.142. The van der Waals surface area contributed by atoms with Crippen molar-refractivity contribution in [3.05, 3.63) is 52.2 Å². The van der Waals surface area contributed by atoms with E-state index < -0.39 is 12.0 Å². The topological polar surface area (TPSA) is 49.8 Å². The molecule has 0 radical (unpaired) electrons. The number of rotatable bonds is 6. The summed E-state index contributed by atoms with van der Waals surface area (Å²) in [5.74, 6) is 0.0994. The number of likely N-dealkylation sites (tertiary alicyclic amines) is 1. The van der Waals surface area contributed by atoms with Gasteiger partial charge in [-0.05, 0) is 37.3 Å². The standard InChI is InChI=1S/C18H21NO3S/c1-2-22-15-9-4-3-7-13(15)17(16-10-6-12-23-16)19-11-5-8-14(19)18(20)21/h3-4,6-7,9-10,12,14,17H,2,5,8,11H2,1H3,(H,20,21). The van der Waals surface area contributed by atoms with E-state index >= 15 is 0 Å². The van der Waals surface area contributed by atoms with Gasteiger partial charge in [-0.3, -0.25) is 9.69 Å². The molecule has 0 amide bonds. The molecule has 2 aromatic rings. The number of carboxylic acid groups (broad SMARTS) is 1. The number of para-hydroxylation sites is 1. The molecule has 3 rings (SSSR count). The lowest BCUT2D eigenvalue weighted by atomic mass is 10.0. The van der Waals surface area contributed by atoms with Gasteiger partial charge >= 0.3 is 5.97 Å². The third-order valence-electron chi connectivity index (χ3n) is 4.24. The van der Waals surface area contributed by atoms with Gasteiger partial charge in [-0.2, -0.15) is 0 Å². The zero-order chi connectivity index (χ0) is 16.2. The Labute approximate surface area is 140 Å². The van der Waals surface area contributed by atoms with Crippen LogP contribution >= 0.6 is 11.3 Å². The van der Waals surface area contributed by atoms with Crippen LogP contribution in [0, 0.1) is 0 Å². The highest BCUT2D eigenvalue weighted by Crippen LogP contribution is 2.40. The molecule has 1 N–H and O–H groups in total. The summed E-state index contributed by atoms with van der Waals surface area (Å²) in [5, 5.41) is 11.6. The van der Waals surface area contributed by atoms with E-state index in [0.29, 0.717) is 13.0 Å². The maximum atomic E-state index is 11.7. The van der Waals surface area contributed by atoms with Crippen molar-refractivity contribution in [1.82, 2.24) is 4.90 Å². The summed E-state index contributed by atoms with van der Waals surface area (Å²) in [6.45, 7) is 3.35. The Morgan fingerprint density at radius 2 is 2.22 bits per heavy atom. The molecule has 0 saturated carbocycles. The van der Waals surface area contributed by atoms with Crippen LogP contribution in [0.25, 0.3) is 0 Å². The summed E-state index contributed by atoms with van der Waals surface area (Å²) in [5.41, 5.74) is 1.05. The average Bonchev–Trinajstić information content (AvgIpc) is 3.21. The Bertz CT molecular complexity index is 656. The monoisotopic (exact) mass is 331 g/mol. The molecule has 5 heteroatoms. The van der Waals surface area contributed by atoms with Gasteiger partial charge in [0.15, 0.2) is 0 Å². The van der Waals surface area contributed by atoms with E-state index in [-0.39, 0.29) is 6.04 Å². The van der Waals surface area contributed by atoms with Gasteiger partial charge in [-0.1, -0.05) is 24.3 Å². The molecule has 1 aromatic heterocycles. The van der Waals surface area contributed by atoms with Crippen LogP contribution in [0.15, 0.2) is 41.8 Å². The molecule has 23 heavy (non-hydrogen) atoms. The number of ether oxygens (including phenoxy) is 1. The summed E-state index contributed by atoms with van der Waals surface area (Å²) in [4.78, 5) is 14.9. The molecule has 1 aliphatic rings. The summed E-state index contributed by atoms with van der Waals surface area (Å²) >= 11 is 1.66. The van der Waals surface area contributed by atoms with Crippen LogP contribution in [-0.2, 0) is 4.79 Å². The van der Waals surface area contributed by atoms with Crippen LogP contribution in [0.2, 0.25) is 0 Å². The van der Waals surface area contributed by atoms with Crippen LogP contribution in [-0.4, -0.2) is 35.2 Å². The molecule has 1 fully saturated rings. The zero-order valence-electron chi connectivity index (χ0n) is 13.1. The summed E-state index contributed by atoms with van der Waals surface area (Å²) in [6, 6.07) is 11.6. The van der Waals surface area contributed by atoms with Crippen LogP contribution < -0.4 is 4.74 Å². The van der Waals surface area contributed by atoms with E-state index in [1.54, 1.807) is 11.3 Å². The maximum Gasteiger partial charge on any atom is 0.320 e. The van der Waals surface area contributed by atoms with Gasteiger partial charge in [-0.25, -0.2) is 0 Å². The minimum absolute atomic E-state index is 0.0682. The van der Waals surface area contributed by atoms with E-state index in [9.17, 15) is 9.90 Å². The van der Waals surface area contributed by atoms with Crippen molar-refractivity contribution in [2.24, 2.45) is 0 Å². The van der Waals surface area contributed by atoms with E-state index in [4.69, 9.17) is 4.74 Å². The first-order valence-corrected chi connectivity index (χ1v) is 8.84. The second-order valence-corrected chi connectivity index (χ2v) is 6.60. The molecule has 2 atom stereocenters. The second kappa shape index (κ2) is 7.15. The van der Waals surface area contributed by atoms with Crippen molar-refractivity contribution in [2.75, 3.05) is 13.2 Å². The third kappa shape index (κ3) is 3.26. The van der Waals surface area contributed by atoms with Gasteiger partial charge in [0.2, 0.25) is 0 Å². The predicted molar refractivity (Wildman–Crippen MR) is 91.1 cm³/mol. The van der Waals surface area contributed by atoms with Crippen LogP contribution in [0.3, 0.4) is 0 Å². The third-order valence-corrected chi connectivity index (χ3v) is 5.16. The zero-order valence-corrected chi connectivity index (χ0v) is 14.0. The SMILES string of the molecule is CCOc1ccccc1C(c1cccs1)N1CCCC1C(=O)O. The quantitative estimate of drug-likeness (QED) is 0.875. The van der Waals surface area contributed by atoms with Crippen molar-refractivity contribution in [1.29, 1.82) is 0 Å². The molecule has 1 aliphatic heterocycles. The molecular weight excluding hydrogens is 310 g/mol. The van der Waals surface area contributed by atoms with Crippen LogP contribution in [0.1, 0.15) is 36.2 Å². The summed E-state index contributed by atoms with van der Waals surface area (Å²) < 4.78 is 5.80. The van der Waals surface area contributed by atoms with Gasteiger partial charge in [-0.15, -0.1) is 11.3 Å². The normalized spacial score (nSPS) is 19.6. The van der Waals surface area contributed by atoms with Gasteiger partial charge in [0.1, 0.15) is 11.8 Å². The average molecular weight is 331 g/mol. The van der Waals surface area contributed by atoms with Crippen molar-refractivity contribution in [3.8, 4) is 5.75 Å². The number of thiophene rings is 1. The number of hydrogen-bond acceptors (Lipinski definition) is 4. The van der Waals surface area contributed by atoms with Crippen LogP contribution in [0.5, 0.6) is 5.75 Å². The van der Waals surface area contributed by atoms with E-state index in [2.05, 4.69) is 11.0 Å². The fraction of sp³-hybridized carbons (Fsp3) is 0.389. The number of hydrogen-bond donors (Lipinski definition) is 1. The van der Waals surface area contributed by atoms with E-state index in [1.807, 2.05) is 42.6 Å². The first-order chi connectivity index (χ1) is 11.2. The smallest absolute Gasteiger partial charge is 0.320 e. The minimum Gasteiger partial charge on any atom is -0.494 e. The number of carbonyl (C=O) groups is 1. The predicted octanol–water partition coefficient (Wildman–Crippen LogP) is 3.79. The molecule has 0 aliphatic carbocycles. The molecule has 1 saturated heterocycles. The number of benzene rings is 1. The van der Waals surface area contributed by atoms with Crippen molar-refractivity contribution in [3.63, 3.8) is 0 Å². The fourth-order valence-electron chi connectivity index (χ4n) is 3.30. The second-order valence-electron chi connectivity index (χ2n) is 5.62. The molecule has 4 nitrogen and oxygen atoms in total. The molecule has 0 spiro atoms. The Kier molecular flexibility index (Phi) is 4.98. The molecule has 1 aromatic carbocycles. The highest BCUT2D eigenvalue weighted by Gasteiger charge is 2.38. The Balaban J connectivity index is 2.05. The largest absolute Gasteiger partial charge is 0.494 e. The Hall–Kier alpha value is -1.85. The lowest BCUT2D eigenvalue weighted by Crippen LogP contribution is -2.39. The number of carboxylic acids is 1. The fourth-order valence-corrected chi connectivity index (χ4v) is 4.16. The lowest BCUT2D eigenvalue weighted by Gasteiger charge is -2.31.